The summed E-state index contributed by atoms with van der Waals surface area (Å²) in [5, 5.41) is 7.52. The monoisotopic (exact) mass is 318 g/mol. The van der Waals surface area contributed by atoms with Crippen LogP contribution in [0.15, 0.2) is 53.0 Å². The first-order chi connectivity index (χ1) is 9.16. The van der Waals surface area contributed by atoms with Crippen LogP contribution in [0.3, 0.4) is 0 Å². The molecule has 0 amide bonds. The second kappa shape index (κ2) is 6.50. The number of rotatable bonds is 5. The molecule has 0 aliphatic carbocycles. The van der Waals surface area contributed by atoms with Gasteiger partial charge >= 0.3 is 0 Å². The molecule has 0 heterocycles. The predicted molar refractivity (Wildman–Crippen MR) is 80.1 cm³/mol. The van der Waals surface area contributed by atoms with E-state index in [0.717, 1.165) is 21.2 Å². The summed E-state index contributed by atoms with van der Waals surface area (Å²) in [4.78, 5) is 0. The number of benzene rings is 2. The normalized spacial score (nSPS) is 10.4. The van der Waals surface area contributed by atoms with Crippen molar-refractivity contribution in [1.29, 1.82) is 5.41 Å². The molecule has 0 saturated carbocycles. The molecule has 3 N–H and O–H groups in total. The Morgan fingerprint density at radius 2 is 1.74 bits per heavy atom. The maximum absolute atomic E-state index is 7.52. The van der Waals surface area contributed by atoms with Crippen LogP contribution in [0.25, 0.3) is 0 Å². The van der Waals surface area contributed by atoms with Gasteiger partial charge in [0.1, 0.15) is 5.84 Å². The minimum Gasteiger partial charge on any atom is -0.384 e. The third-order valence-electron chi connectivity index (χ3n) is 2.75. The van der Waals surface area contributed by atoms with Gasteiger partial charge in [-0.25, -0.2) is 0 Å². The van der Waals surface area contributed by atoms with Crippen molar-refractivity contribution in [3.63, 3.8) is 0 Å². The number of amidine groups is 1. The third-order valence-corrected chi connectivity index (χ3v) is 3.28. The molecule has 0 bridgehead atoms. The first-order valence-corrected chi connectivity index (χ1v) is 6.70. The Hall–Kier alpha value is -1.65. The van der Waals surface area contributed by atoms with Crippen molar-refractivity contribution in [1.82, 2.24) is 0 Å². The van der Waals surface area contributed by atoms with E-state index in [2.05, 4.69) is 15.9 Å². The Balaban J connectivity index is 1.96. The number of hydrogen-bond donors (Lipinski definition) is 2. The van der Waals surface area contributed by atoms with E-state index in [1.165, 1.54) is 0 Å². The molecule has 0 unspecified atom stereocenters. The summed E-state index contributed by atoms with van der Waals surface area (Å²) in [6.07, 6.45) is 0. The number of nitrogens with one attached hydrogen (secondary N) is 1. The van der Waals surface area contributed by atoms with Crippen LogP contribution >= 0.6 is 15.9 Å². The van der Waals surface area contributed by atoms with Gasteiger partial charge in [-0.15, -0.1) is 0 Å². The molecule has 0 fully saturated rings. The van der Waals surface area contributed by atoms with E-state index >= 15 is 0 Å². The number of ether oxygens (including phenoxy) is 1. The highest BCUT2D eigenvalue weighted by molar-refractivity contribution is 9.10. The van der Waals surface area contributed by atoms with Crippen LogP contribution in [-0.2, 0) is 18.0 Å². The van der Waals surface area contributed by atoms with Crippen molar-refractivity contribution in [2.24, 2.45) is 5.73 Å². The maximum Gasteiger partial charge on any atom is 0.123 e. The Labute approximate surface area is 121 Å². The van der Waals surface area contributed by atoms with E-state index in [1.807, 2.05) is 48.5 Å². The van der Waals surface area contributed by atoms with Gasteiger partial charge in [-0.05, 0) is 23.3 Å². The Bertz CT molecular complexity index is 567. The van der Waals surface area contributed by atoms with Crippen LogP contribution in [0.5, 0.6) is 0 Å². The molecule has 0 aliphatic rings. The summed E-state index contributed by atoms with van der Waals surface area (Å²) < 4.78 is 6.72. The molecular formula is C15H15BrN2O. The van der Waals surface area contributed by atoms with Crippen molar-refractivity contribution in [2.45, 2.75) is 13.2 Å². The van der Waals surface area contributed by atoms with Gasteiger partial charge in [0.25, 0.3) is 0 Å². The van der Waals surface area contributed by atoms with Crippen LogP contribution in [0, 0.1) is 5.41 Å². The first kappa shape index (κ1) is 13.8. The number of nitrogen functional groups attached to an aromatic ring is 1. The molecule has 2 aromatic carbocycles. The maximum atomic E-state index is 7.52. The quantitative estimate of drug-likeness (QED) is 0.655. The highest BCUT2D eigenvalue weighted by Gasteiger charge is 2.04. The van der Waals surface area contributed by atoms with E-state index in [1.54, 1.807) is 0 Å². The molecule has 19 heavy (non-hydrogen) atoms. The van der Waals surface area contributed by atoms with Crippen molar-refractivity contribution >= 4 is 21.8 Å². The summed E-state index contributed by atoms with van der Waals surface area (Å²) >= 11 is 3.40. The van der Waals surface area contributed by atoms with Gasteiger partial charge in [0.15, 0.2) is 0 Å². The molecule has 0 saturated heterocycles. The largest absolute Gasteiger partial charge is 0.384 e. The molecule has 0 aliphatic heterocycles. The topological polar surface area (TPSA) is 59.1 Å². The summed E-state index contributed by atoms with van der Waals surface area (Å²) in [6, 6.07) is 15.6. The molecule has 0 radical (unpaired) electrons. The van der Waals surface area contributed by atoms with Gasteiger partial charge in [-0.1, -0.05) is 52.3 Å². The van der Waals surface area contributed by atoms with E-state index in [-0.39, 0.29) is 5.84 Å². The van der Waals surface area contributed by atoms with Crippen molar-refractivity contribution < 1.29 is 4.74 Å². The first-order valence-electron chi connectivity index (χ1n) is 5.91. The molecule has 2 rings (SSSR count). The lowest BCUT2D eigenvalue weighted by atomic mass is 10.1. The fourth-order valence-electron chi connectivity index (χ4n) is 1.77. The second-order valence-electron chi connectivity index (χ2n) is 4.19. The number of halogens is 1. The zero-order valence-corrected chi connectivity index (χ0v) is 12.0. The molecule has 3 nitrogen and oxygen atoms in total. The van der Waals surface area contributed by atoms with Crippen LogP contribution in [-0.4, -0.2) is 5.84 Å². The van der Waals surface area contributed by atoms with Gasteiger partial charge in [-0.3, -0.25) is 5.41 Å². The fourth-order valence-corrected chi connectivity index (χ4v) is 2.03. The lowest BCUT2D eigenvalue weighted by molar-refractivity contribution is 0.107. The zero-order valence-electron chi connectivity index (χ0n) is 10.4. The molecule has 98 valence electrons. The standard InChI is InChI=1S/C15H15BrN2O/c16-13-7-5-11(6-8-13)9-19-10-12-3-1-2-4-14(12)15(17)18/h1-8H,9-10H2,(H3,17,18). The van der Waals surface area contributed by atoms with Gasteiger partial charge in [0.05, 0.1) is 13.2 Å². The lowest BCUT2D eigenvalue weighted by Gasteiger charge is -2.09. The van der Waals surface area contributed by atoms with Gasteiger partial charge in [0.2, 0.25) is 0 Å². The van der Waals surface area contributed by atoms with Crippen LogP contribution in [0.4, 0.5) is 0 Å². The van der Waals surface area contributed by atoms with Crippen molar-refractivity contribution in [3.05, 3.63) is 69.7 Å². The second-order valence-corrected chi connectivity index (χ2v) is 5.11. The zero-order chi connectivity index (χ0) is 13.7. The Kier molecular flexibility index (Phi) is 4.71. The molecular weight excluding hydrogens is 304 g/mol. The Morgan fingerprint density at radius 3 is 2.42 bits per heavy atom. The highest BCUT2D eigenvalue weighted by atomic mass is 79.9. The van der Waals surface area contributed by atoms with Gasteiger partial charge in [0, 0.05) is 10.0 Å². The average molecular weight is 319 g/mol. The van der Waals surface area contributed by atoms with E-state index in [4.69, 9.17) is 15.9 Å². The minimum atomic E-state index is 0.0721. The molecule has 0 aromatic heterocycles. The van der Waals surface area contributed by atoms with Gasteiger partial charge in [-0.2, -0.15) is 0 Å². The fraction of sp³-hybridized carbons (Fsp3) is 0.133. The summed E-state index contributed by atoms with van der Waals surface area (Å²) in [7, 11) is 0. The van der Waals surface area contributed by atoms with Crippen LogP contribution in [0.1, 0.15) is 16.7 Å². The van der Waals surface area contributed by atoms with Crippen LogP contribution < -0.4 is 5.73 Å². The Morgan fingerprint density at radius 1 is 1.05 bits per heavy atom. The van der Waals surface area contributed by atoms with Gasteiger partial charge < -0.3 is 10.5 Å². The van der Waals surface area contributed by atoms with E-state index < -0.39 is 0 Å². The highest BCUT2D eigenvalue weighted by Crippen LogP contribution is 2.13. The SMILES string of the molecule is N=C(N)c1ccccc1COCc1ccc(Br)cc1. The number of hydrogen-bond acceptors (Lipinski definition) is 2. The summed E-state index contributed by atoms with van der Waals surface area (Å²) in [5.41, 5.74) is 8.32. The smallest absolute Gasteiger partial charge is 0.123 e. The number of nitrogens with two attached hydrogens (primary N) is 1. The molecule has 2 aromatic rings. The van der Waals surface area contributed by atoms with E-state index in [0.29, 0.717) is 13.2 Å². The predicted octanol–water partition coefficient (Wildman–Crippen LogP) is 3.45. The van der Waals surface area contributed by atoms with Crippen LogP contribution in [0.2, 0.25) is 0 Å². The van der Waals surface area contributed by atoms with Crippen molar-refractivity contribution in [2.75, 3.05) is 0 Å². The average Bonchev–Trinajstić information content (AvgIpc) is 2.41. The molecule has 0 atom stereocenters. The minimum absolute atomic E-state index is 0.0721. The molecule has 0 spiro atoms. The van der Waals surface area contributed by atoms with Crippen molar-refractivity contribution in [3.8, 4) is 0 Å². The summed E-state index contributed by atoms with van der Waals surface area (Å²) in [6.45, 7) is 0.991. The summed E-state index contributed by atoms with van der Waals surface area (Å²) in [5.74, 6) is 0.0721. The third kappa shape index (κ3) is 3.91. The lowest BCUT2D eigenvalue weighted by Crippen LogP contribution is -2.14. The van der Waals surface area contributed by atoms with E-state index in [9.17, 15) is 0 Å². The molecule has 4 heteroatoms.